The van der Waals surface area contributed by atoms with Crippen LogP contribution in [0.15, 0.2) is 29.8 Å². The highest BCUT2D eigenvalue weighted by Gasteiger charge is 1.89. The zero-order valence-electron chi connectivity index (χ0n) is 9.06. The predicted molar refractivity (Wildman–Crippen MR) is 71.4 cm³/mol. The Kier molecular flexibility index (Phi) is 6.39. The summed E-state index contributed by atoms with van der Waals surface area (Å²) in [5.41, 5.74) is 2.97. The fraction of sp³-hybridized carbons (Fsp3) is 0.364. The van der Waals surface area contributed by atoms with Crippen molar-refractivity contribution in [3.63, 3.8) is 0 Å². The quantitative estimate of drug-likeness (QED) is 0.656. The molecule has 2 aromatic rings. The van der Waals surface area contributed by atoms with E-state index in [0.717, 1.165) is 17.8 Å². The number of nitrogens with one attached hydrogen (secondary N) is 1. The van der Waals surface area contributed by atoms with Crippen molar-refractivity contribution in [1.29, 1.82) is 0 Å². The highest BCUT2D eigenvalue weighted by molar-refractivity contribution is 7.97. The normalized spacial score (nSPS) is 9.73. The number of benzene rings is 1. The van der Waals surface area contributed by atoms with Crippen molar-refractivity contribution in [2.75, 3.05) is 12.3 Å². The summed E-state index contributed by atoms with van der Waals surface area (Å²) < 4.78 is 4.38. The van der Waals surface area contributed by atoms with Crippen LogP contribution in [0.25, 0.3) is 10.2 Å². The molecular weight excluding hydrogens is 224 g/mol. The maximum Gasteiger partial charge on any atom is 0.0812 e. The Morgan fingerprint density at radius 3 is 2.73 bits per heavy atom. The van der Waals surface area contributed by atoms with Gasteiger partial charge < -0.3 is 0 Å². The number of aromatic nitrogens is 1. The summed E-state index contributed by atoms with van der Waals surface area (Å²) in [6.45, 7) is 5.30. The van der Waals surface area contributed by atoms with Gasteiger partial charge in [0, 0.05) is 12.3 Å². The summed E-state index contributed by atoms with van der Waals surface area (Å²) in [5.74, 6) is 1.16. The van der Waals surface area contributed by atoms with E-state index in [9.17, 15) is 0 Å². The molecule has 1 heterocycles. The fourth-order valence-corrected chi connectivity index (χ4v) is 2.09. The van der Waals surface area contributed by atoms with Crippen LogP contribution in [0.2, 0.25) is 0 Å². The van der Waals surface area contributed by atoms with Crippen molar-refractivity contribution in [3.05, 3.63) is 29.8 Å². The zero-order chi connectivity index (χ0) is 10.9. The summed E-state index contributed by atoms with van der Waals surface area (Å²) in [4.78, 5) is 4.14. The summed E-state index contributed by atoms with van der Waals surface area (Å²) >= 11 is 3.43. The Morgan fingerprint density at radius 2 is 2.13 bits per heavy atom. The average molecular weight is 240 g/mol. The number of rotatable bonds is 3. The Balaban J connectivity index is 0.000000167. The van der Waals surface area contributed by atoms with E-state index in [-0.39, 0.29) is 0 Å². The van der Waals surface area contributed by atoms with Crippen LogP contribution in [0.5, 0.6) is 0 Å². The van der Waals surface area contributed by atoms with Crippen molar-refractivity contribution < 1.29 is 0 Å². The van der Waals surface area contributed by atoms with Crippen molar-refractivity contribution >= 4 is 33.5 Å². The van der Waals surface area contributed by atoms with Crippen LogP contribution in [-0.2, 0) is 0 Å². The maximum atomic E-state index is 4.14. The Labute approximate surface area is 99.2 Å². The third kappa shape index (κ3) is 4.64. The Hall–Kier alpha value is -0.580. The molecule has 15 heavy (non-hydrogen) atoms. The van der Waals surface area contributed by atoms with Gasteiger partial charge in [0.25, 0.3) is 0 Å². The predicted octanol–water partition coefficient (Wildman–Crippen LogP) is 3.56. The molecule has 0 saturated heterocycles. The van der Waals surface area contributed by atoms with Crippen LogP contribution < -0.4 is 4.72 Å². The summed E-state index contributed by atoms with van der Waals surface area (Å²) in [6.07, 6.45) is 0. The smallest absolute Gasteiger partial charge is 0.0812 e. The first-order chi connectivity index (χ1) is 7.38. The van der Waals surface area contributed by atoms with Crippen LogP contribution in [0.1, 0.15) is 13.8 Å². The number of hydrogen-bond donors (Lipinski definition) is 1. The summed E-state index contributed by atoms with van der Waals surface area (Å²) in [6, 6.07) is 8.13. The van der Waals surface area contributed by atoms with Gasteiger partial charge in [0.1, 0.15) is 0 Å². The molecule has 0 aliphatic rings. The minimum Gasteiger partial charge on any atom is -0.264 e. The second-order valence-corrected chi connectivity index (χ2v) is 4.79. The van der Waals surface area contributed by atoms with Crippen LogP contribution in [-0.4, -0.2) is 17.3 Å². The molecule has 1 N–H and O–H groups in total. The molecule has 82 valence electrons. The van der Waals surface area contributed by atoms with E-state index < -0.39 is 0 Å². The van der Waals surface area contributed by atoms with E-state index >= 15 is 0 Å². The number of nitrogens with zero attached hydrogens (tertiary/aromatic N) is 1. The molecule has 2 nitrogen and oxygen atoms in total. The first-order valence-electron chi connectivity index (χ1n) is 5.01. The maximum absolute atomic E-state index is 4.14. The lowest BCUT2D eigenvalue weighted by atomic mass is 10.3. The molecule has 0 aliphatic carbocycles. The number of thiazole rings is 1. The molecule has 0 saturated carbocycles. The molecule has 1 aromatic heterocycles. The zero-order valence-corrected chi connectivity index (χ0v) is 10.7. The van der Waals surface area contributed by atoms with Gasteiger partial charge in [0.2, 0.25) is 0 Å². The van der Waals surface area contributed by atoms with Gasteiger partial charge in [-0.05, 0) is 12.1 Å². The van der Waals surface area contributed by atoms with Gasteiger partial charge in [0.15, 0.2) is 0 Å². The standard InChI is InChI=1S/C7H5NS.C4H11NS/c1-2-4-7-6(3-1)8-5-9-7;1-3-5-6-4-2/h1-5H;5H,3-4H2,1-2H3. The van der Waals surface area contributed by atoms with Crippen LogP contribution >= 0.6 is 23.3 Å². The highest BCUT2D eigenvalue weighted by Crippen LogP contribution is 2.15. The monoisotopic (exact) mass is 240 g/mol. The topological polar surface area (TPSA) is 24.9 Å². The number of para-hydroxylation sites is 1. The second kappa shape index (κ2) is 7.68. The average Bonchev–Trinajstić information content (AvgIpc) is 2.75. The molecule has 0 spiro atoms. The third-order valence-corrected chi connectivity index (χ3v) is 3.22. The third-order valence-electron chi connectivity index (χ3n) is 1.63. The molecule has 0 amide bonds. The summed E-state index contributed by atoms with van der Waals surface area (Å²) in [5, 5.41) is 0. The van der Waals surface area contributed by atoms with Crippen molar-refractivity contribution in [2.45, 2.75) is 13.8 Å². The van der Waals surface area contributed by atoms with Gasteiger partial charge in [-0.25, -0.2) is 4.98 Å². The lowest BCUT2D eigenvalue weighted by Gasteiger charge is -1.91. The van der Waals surface area contributed by atoms with Gasteiger partial charge >= 0.3 is 0 Å². The van der Waals surface area contributed by atoms with Crippen molar-refractivity contribution in [3.8, 4) is 0 Å². The van der Waals surface area contributed by atoms with Gasteiger partial charge in [0.05, 0.1) is 15.7 Å². The van der Waals surface area contributed by atoms with Crippen LogP contribution in [0.4, 0.5) is 0 Å². The molecule has 0 fully saturated rings. The van der Waals surface area contributed by atoms with E-state index in [0.29, 0.717) is 0 Å². The van der Waals surface area contributed by atoms with E-state index in [1.807, 2.05) is 23.7 Å². The van der Waals surface area contributed by atoms with E-state index in [1.54, 1.807) is 23.3 Å². The first-order valence-corrected chi connectivity index (χ1v) is 6.87. The van der Waals surface area contributed by atoms with E-state index in [1.165, 1.54) is 4.70 Å². The number of fused-ring (bicyclic) bond motifs is 1. The van der Waals surface area contributed by atoms with Gasteiger partial charge in [-0.1, -0.05) is 37.9 Å². The summed E-state index contributed by atoms with van der Waals surface area (Å²) in [7, 11) is 0. The van der Waals surface area contributed by atoms with Crippen molar-refractivity contribution in [2.24, 2.45) is 0 Å². The van der Waals surface area contributed by atoms with Crippen molar-refractivity contribution in [1.82, 2.24) is 9.71 Å². The van der Waals surface area contributed by atoms with E-state index in [2.05, 4.69) is 29.6 Å². The molecule has 0 radical (unpaired) electrons. The minimum atomic E-state index is 1.07. The fourth-order valence-electron chi connectivity index (χ4n) is 1.01. The van der Waals surface area contributed by atoms with Gasteiger partial charge in [-0.15, -0.1) is 11.3 Å². The molecule has 0 unspecified atom stereocenters. The van der Waals surface area contributed by atoms with Crippen LogP contribution in [0.3, 0.4) is 0 Å². The largest absolute Gasteiger partial charge is 0.264 e. The Bertz CT molecular complexity index is 339. The first kappa shape index (κ1) is 12.5. The molecular formula is C11H16N2S2. The lowest BCUT2D eigenvalue weighted by molar-refractivity contribution is 1.03. The lowest BCUT2D eigenvalue weighted by Crippen LogP contribution is -1.99. The minimum absolute atomic E-state index is 1.07. The molecule has 0 bridgehead atoms. The SMILES string of the molecule is CCNSCC.c1ccc2scnc2c1. The van der Waals surface area contributed by atoms with E-state index in [4.69, 9.17) is 0 Å². The molecule has 2 rings (SSSR count). The van der Waals surface area contributed by atoms with Gasteiger partial charge in [-0.2, -0.15) is 0 Å². The molecule has 0 aliphatic heterocycles. The molecule has 4 heteroatoms. The number of hydrogen-bond acceptors (Lipinski definition) is 4. The Morgan fingerprint density at radius 1 is 1.33 bits per heavy atom. The highest BCUT2D eigenvalue weighted by atomic mass is 32.2. The second-order valence-electron chi connectivity index (χ2n) is 2.75. The van der Waals surface area contributed by atoms with Crippen LogP contribution in [0, 0.1) is 0 Å². The molecule has 1 aromatic carbocycles. The van der Waals surface area contributed by atoms with Gasteiger partial charge in [-0.3, -0.25) is 4.72 Å². The molecule has 0 atom stereocenters.